The molecular formula is C16H9Cl2FN2OS. The Bertz CT molecular complexity index is 882. The van der Waals surface area contributed by atoms with Crippen molar-refractivity contribution in [3.8, 4) is 11.3 Å². The number of nitrogens with zero attached hydrogens (tertiary/aromatic N) is 1. The van der Waals surface area contributed by atoms with Crippen LogP contribution in [0.15, 0.2) is 47.8 Å². The van der Waals surface area contributed by atoms with Gasteiger partial charge in [-0.3, -0.25) is 10.1 Å². The lowest BCUT2D eigenvalue weighted by Gasteiger charge is -2.03. The Labute approximate surface area is 145 Å². The molecule has 0 bridgehead atoms. The molecule has 7 heteroatoms. The Kier molecular flexibility index (Phi) is 4.61. The third kappa shape index (κ3) is 3.52. The van der Waals surface area contributed by atoms with Gasteiger partial charge in [0.1, 0.15) is 5.82 Å². The molecular weight excluding hydrogens is 358 g/mol. The molecule has 0 aliphatic heterocycles. The zero-order valence-corrected chi connectivity index (χ0v) is 13.8. The summed E-state index contributed by atoms with van der Waals surface area (Å²) in [6, 6.07) is 11.1. The number of rotatable bonds is 3. The van der Waals surface area contributed by atoms with E-state index in [-0.39, 0.29) is 10.6 Å². The van der Waals surface area contributed by atoms with Gasteiger partial charge in [-0.2, -0.15) is 0 Å². The van der Waals surface area contributed by atoms with E-state index in [9.17, 15) is 9.18 Å². The van der Waals surface area contributed by atoms with Crippen LogP contribution in [0.4, 0.5) is 9.52 Å². The van der Waals surface area contributed by atoms with Crippen LogP contribution in [0, 0.1) is 5.82 Å². The second kappa shape index (κ2) is 6.66. The van der Waals surface area contributed by atoms with Crippen LogP contribution >= 0.6 is 34.5 Å². The molecule has 0 aliphatic rings. The molecule has 3 aromatic rings. The summed E-state index contributed by atoms with van der Waals surface area (Å²) in [5.74, 6) is -1.27. The van der Waals surface area contributed by atoms with Crippen LogP contribution < -0.4 is 5.32 Å². The van der Waals surface area contributed by atoms with Crippen molar-refractivity contribution in [2.45, 2.75) is 0 Å². The Morgan fingerprint density at radius 1 is 1.17 bits per heavy atom. The fraction of sp³-hybridized carbons (Fsp3) is 0. The molecule has 1 N–H and O–H groups in total. The summed E-state index contributed by atoms with van der Waals surface area (Å²) in [5.41, 5.74) is 1.32. The number of nitrogens with one attached hydrogen (secondary N) is 1. The lowest BCUT2D eigenvalue weighted by molar-refractivity contribution is 0.102. The molecule has 0 aliphatic carbocycles. The molecule has 1 aromatic heterocycles. The molecule has 0 fully saturated rings. The van der Waals surface area contributed by atoms with E-state index >= 15 is 0 Å². The molecule has 3 nitrogen and oxygen atoms in total. The number of carbonyl (C=O) groups is 1. The second-order valence-electron chi connectivity index (χ2n) is 4.60. The lowest BCUT2D eigenvalue weighted by atomic mass is 10.2. The number of halogens is 3. The van der Waals surface area contributed by atoms with Crippen molar-refractivity contribution in [3.05, 3.63) is 69.3 Å². The smallest absolute Gasteiger partial charge is 0.260 e. The topological polar surface area (TPSA) is 42.0 Å². The van der Waals surface area contributed by atoms with Gasteiger partial charge in [-0.05, 0) is 24.3 Å². The minimum atomic E-state index is -0.683. The van der Waals surface area contributed by atoms with Crippen LogP contribution in [0.25, 0.3) is 11.3 Å². The van der Waals surface area contributed by atoms with Crippen LogP contribution in [0.2, 0.25) is 10.0 Å². The fourth-order valence-corrected chi connectivity index (χ4v) is 3.06. The number of hydrogen-bond acceptors (Lipinski definition) is 3. The normalized spacial score (nSPS) is 10.6. The Morgan fingerprint density at radius 2 is 1.96 bits per heavy atom. The van der Waals surface area contributed by atoms with E-state index < -0.39 is 11.7 Å². The number of anilines is 1. The van der Waals surface area contributed by atoms with E-state index in [1.165, 1.54) is 23.5 Å². The average molecular weight is 367 g/mol. The summed E-state index contributed by atoms with van der Waals surface area (Å²) in [6.07, 6.45) is 0. The van der Waals surface area contributed by atoms with Gasteiger partial charge >= 0.3 is 0 Å². The number of thiazole rings is 1. The molecule has 2 aromatic carbocycles. The summed E-state index contributed by atoms with van der Waals surface area (Å²) in [4.78, 5) is 16.4. The van der Waals surface area contributed by atoms with Crippen LogP contribution in [-0.2, 0) is 0 Å². The number of carbonyl (C=O) groups excluding carboxylic acids is 1. The monoisotopic (exact) mass is 366 g/mol. The van der Waals surface area contributed by atoms with E-state index in [0.717, 1.165) is 11.6 Å². The summed E-state index contributed by atoms with van der Waals surface area (Å²) in [5, 5.41) is 5.50. The summed E-state index contributed by atoms with van der Waals surface area (Å²) in [7, 11) is 0. The van der Waals surface area contributed by atoms with Crippen molar-refractivity contribution in [1.29, 1.82) is 0 Å². The van der Waals surface area contributed by atoms with Crippen molar-refractivity contribution in [2.24, 2.45) is 0 Å². The molecule has 0 unspecified atom stereocenters. The molecule has 0 saturated carbocycles. The molecule has 116 valence electrons. The van der Waals surface area contributed by atoms with Gasteiger partial charge in [0.05, 0.1) is 11.3 Å². The zero-order chi connectivity index (χ0) is 16.4. The highest BCUT2D eigenvalue weighted by Gasteiger charge is 2.15. The molecule has 0 atom stereocenters. The van der Waals surface area contributed by atoms with Gasteiger partial charge < -0.3 is 0 Å². The van der Waals surface area contributed by atoms with Crippen LogP contribution in [0.5, 0.6) is 0 Å². The van der Waals surface area contributed by atoms with Crippen LogP contribution in [-0.4, -0.2) is 10.9 Å². The number of hydrogen-bond donors (Lipinski definition) is 1. The zero-order valence-electron chi connectivity index (χ0n) is 11.5. The number of benzene rings is 2. The predicted octanol–water partition coefficient (Wildman–Crippen LogP) is 5.51. The first-order valence-electron chi connectivity index (χ1n) is 6.51. The maximum atomic E-state index is 13.7. The number of aromatic nitrogens is 1. The van der Waals surface area contributed by atoms with Crippen molar-refractivity contribution in [2.75, 3.05) is 5.32 Å². The van der Waals surface area contributed by atoms with Gasteiger partial charge in [-0.15, -0.1) is 11.3 Å². The predicted molar refractivity (Wildman–Crippen MR) is 91.9 cm³/mol. The lowest BCUT2D eigenvalue weighted by Crippen LogP contribution is -2.13. The maximum Gasteiger partial charge on any atom is 0.260 e. The molecule has 1 heterocycles. The SMILES string of the molecule is O=C(Nc1nc(-c2ccccc2Cl)cs1)c1ccc(Cl)cc1F. The third-order valence-electron chi connectivity index (χ3n) is 3.05. The van der Waals surface area contributed by atoms with Gasteiger partial charge in [0.2, 0.25) is 0 Å². The van der Waals surface area contributed by atoms with Crippen molar-refractivity contribution in [1.82, 2.24) is 4.98 Å². The molecule has 3 rings (SSSR count). The van der Waals surface area contributed by atoms with Crippen molar-refractivity contribution < 1.29 is 9.18 Å². The first-order valence-corrected chi connectivity index (χ1v) is 8.15. The second-order valence-corrected chi connectivity index (χ2v) is 6.30. The van der Waals surface area contributed by atoms with Gasteiger partial charge in [-0.25, -0.2) is 9.37 Å². The highest BCUT2D eigenvalue weighted by atomic mass is 35.5. The fourth-order valence-electron chi connectivity index (χ4n) is 1.96. The first kappa shape index (κ1) is 15.9. The third-order valence-corrected chi connectivity index (χ3v) is 4.37. The quantitative estimate of drug-likeness (QED) is 0.663. The van der Waals surface area contributed by atoms with E-state index in [0.29, 0.717) is 15.8 Å². The summed E-state index contributed by atoms with van der Waals surface area (Å²) in [6.45, 7) is 0. The van der Waals surface area contributed by atoms with Gasteiger partial charge in [0.25, 0.3) is 5.91 Å². The molecule has 0 radical (unpaired) electrons. The van der Waals surface area contributed by atoms with Crippen LogP contribution in [0.3, 0.4) is 0 Å². The highest BCUT2D eigenvalue weighted by Crippen LogP contribution is 2.30. The first-order chi connectivity index (χ1) is 11.0. The number of amides is 1. The van der Waals surface area contributed by atoms with Crippen molar-refractivity contribution >= 4 is 45.6 Å². The van der Waals surface area contributed by atoms with Crippen molar-refractivity contribution in [3.63, 3.8) is 0 Å². The molecule has 0 saturated heterocycles. The minimum absolute atomic E-state index is 0.0936. The minimum Gasteiger partial charge on any atom is -0.298 e. The van der Waals surface area contributed by atoms with E-state index in [1.807, 2.05) is 18.2 Å². The average Bonchev–Trinajstić information content (AvgIpc) is 2.95. The largest absolute Gasteiger partial charge is 0.298 e. The Hall–Kier alpha value is -1.95. The Balaban J connectivity index is 1.82. The van der Waals surface area contributed by atoms with E-state index in [4.69, 9.17) is 23.2 Å². The van der Waals surface area contributed by atoms with Crippen LogP contribution in [0.1, 0.15) is 10.4 Å². The highest BCUT2D eigenvalue weighted by molar-refractivity contribution is 7.14. The summed E-state index contributed by atoms with van der Waals surface area (Å²) < 4.78 is 13.7. The molecule has 23 heavy (non-hydrogen) atoms. The standard InChI is InChI=1S/C16H9Cl2FN2OS/c17-9-5-6-11(13(19)7-9)15(22)21-16-20-14(8-23-16)10-3-1-2-4-12(10)18/h1-8H,(H,20,21,22). The van der Waals surface area contributed by atoms with Gasteiger partial charge in [-0.1, -0.05) is 41.4 Å². The van der Waals surface area contributed by atoms with E-state index in [2.05, 4.69) is 10.3 Å². The van der Waals surface area contributed by atoms with Gasteiger partial charge in [0, 0.05) is 21.0 Å². The molecule has 0 spiro atoms. The van der Waals surface area contributed by atoms with Gasteiger partial charge in [0.15, 0.2) is 5.13 Å². The molecule has 1 amide bonds. The maximum absolute atomic E-state index is 13.7. The Morgan fingerprint density at radius 3 is 2.70 bits per heavy atom. The summed E-state index contributed by atoms with van der Waals surface area (Å²) >= 11 is 13.0. The van der Waals surface area contributed by atoms with E-state index in [1.54, 1.807) is 11.4 Å².